The lowest BCUT2D eigenvalue weighted by molar-refractivity contribution is -0.0249. The number of hydrogen-bond donors (Lipinski definition) is 1. The Hall–Kier alpha value is -3.30. The van der Waals surface area contributed by atoms with Crippen molar-refractivity contribution in [2.75, 3.05) is 7.11 Å². The molecule has 0 heterocycles. The van der Waals surface area contributed by atoms with Crippen LogP contribution in [0.5, 0.6) is 0 Å². The van der Waals surface area contributed by atoms with Crippen LogP contribution < -0.4 is 0 Å². The summed E-state index contributed by atoms with van der Waals surface area (Å²) in [5, 5.41) is 11.1. The maximum absolute atomic E-state index is 11.1. The van der Waals surface area contributed by atoms with Crippen LogP contribution in [0.3, 0.4) is 0 Å². The van der Waals surface area contributed by atoms with Gasteiger partial charge in [0.2, 0.25) is 5.60 Å². The molecule has 2 heteroatoms. The molecule has 0 aliphatic rings. The summed E-state index contributed by atoms with van der Waals surface area (Å²) in [5.74, 6) is 12.3. The molecule has 3 aromatic rings. The van der Waals surface area contributed by atoms with Crippen LogP contribution in [0, 0.1) is 23.7 Å². The number of ether oxygens (including phenoxy) is 1. The standard InChI is InChI=1S/C25H20O2/c1-27-25(19-17-21-11-5-2-6-12-21,20-18-22-13-7-3-8-14-22)24(26)23-15-9-4-10-16-23/h2-16,24,26H,1H3. The maximum atomic E-state index is 11.1. The van der Waals surface area contributed by atoms with Gasteiger partial charge in [-0.3, -0.25) is 0 Å². The minimum atomic E-state index is -1.35. The lowest BCUT2D eigenvalue weighted by atomic mass is 9.91. The first-order valence-electron chi connectivity index (χ1n) is 8.68. The fraction of sp³-hybridized carbons (Fsp3) is 0.120. The molecular weight excluding hydrogens is 332 g/mol. The summed E-state index contributed by atoms with van der Waals surface area (Å²) in [6.07, 6.45) is -1.02. The Balaban J connectivity index is 2.07. The van der Waals surface area contributed by atoms with E-state index < -0.39 is 11.7 Å². The van der Waals surface area contributed by atoms with E-state index in [1.807, 2.05) is 91.0 Å². The fourth-order valence-electron chi connectivity index (χ4n) is 2.62. The highest BCUT2D eigenvalue weighted by molar-refractivity contribution is 5.46. The molecule has 0 spiro atoms. The third-order valence-electron chi connectivity index (χ3n) is 4.16. The van der Waals surface area contributed by atoms with Crippen molar-refractivity contribution in [3.05, 3.63) is 108 Å². The van der Waals surface area contributed by atoms with Gasteiger partial charge in [0.25, 0.3) is 0 Å². The molecule has 0 radical (unpaired) electrons. The topological polar surface area (TPSA) is 29.5 Å². The van der Waals surface area contributed by atoms with Gasteiger partial charge >= 0.3 is 0 Å². The highest BCUT2D eigenvalue weighted by atomic mass is 16.5. The first-order valence-corrected chi connectivity index (χ1v) is 8.68. The molecule has 0 aliphatic carbocycles. The van der Waals surface area contributed by atoms with Crippen LogP contribution in [0.15, 0.2) is 91.0 Å². The molecule has 27 heavy (non-hydrogen) atoms. The molecule has 0 saturated carbocycles. The number of aliphatic hydroxyl groups excluding tert-OH is 1. The molecule has 0 amide bonds. The Morgan fingerprint density at radius 2 is 1.11 bits per heavy atom. The first kappa shape index (κ1) is 18.5. The quantitative estimate of drug-likeness (QED) is 0.716. The molecule has 3 rings (SSSR count). The molecule has 2 nitrogen and oxygen atoms in total. The average Bonchev–Trinajstić information content (AvgIpc) is 2.76. The Bertz CT molecular complexity index is 914. The fourth-order valence-corrected chi connectivity index (χ4v) is 2.62. The average molecular weight is 352 g/mol. The SMILES string of the molecule is COC(C#Cc1ccccc1)(C#Cc1ccccc1)C(O)c1ccccc1. The summed E-state index contributed by atoms with van der Waals surface area (Å²) in [5.41, 5.74) is 1.01. The smallest absolute Gasteiger partial charge is 0.221 e. The lowest BCUT2D eigenvalue weighted by Crippen LogP contribution is -2.36. The molecule has 132 valence electrons. The van der Waals surface area contributed by atoms with E-state index >= 15 is 0 Å². The van der Waals surface area contributed by atoms with Crippen LogP contribution in [0.4, 0.5) is 0 Å². The van der Waals surface area contributed by atoms with Crippen molar-refractivity contribution >= 4 is 0 Å². The van der Waals surface area contributed by atoms with E-state index in [1.165, 1.54) is 7.11 Å². The second-order valence-electron chi connectivity index (χ2n) is 5.99. The Kier molecular flexibility index (Phi) is 6.08. The van der Waals surface area contributed by atoms with Crippen molar-refractivity contribution in [3.63, 3.8) is 0 Å². The Morgan fingerprint density at radius 3 is 1.52 bits per heavy atom. The second kappa shape index (κ2) is 8.88. The summed E-state index contributed by atoms with van der Waals surface area (Å²) in [4.78, 5) is 0. The van der Waals surface area contributed by atoms with Crippen molar-refractivity contribution < 1.29 is 9.84 Å². The molecule has 1 N–H and O–H groups in total. The van der Waals surface area contributed by atoms with Crippen LogP contribution in [0.2, 0.25) is 0 Å². The van der Waals surface area contributed by atoms with E-state index in [-0.39, 0.29) is 0 Å². The number of methoxy groups -OCH3 is 1. The number of rotatable bonds is 3. The van der Waals surface area contributed by atoms with E-state index in [0.29, 0.717) is 5.56 Å². The summed E-state index contributed by atoms with van der Waals surface area (Å²) in [6, 6.07) is 28.5. The molecule has 0 aromatic heterocycles. The van der Waals surface area contributed by atoms with E-state index in [0.717, 1.165) is 11.1 Å². The van der Waals surface area contributed by atoms with Gasteiger partial charge < -0.3 is 9.84 Å². The van der Waals surface area contributed by atoms with E-state index in [2.05, 4.69) is 23.7 Å². The van der Waals surface area contributed by atoms with Crippen LogP contribution in [0.25, 0.3) is 0 Å². The second-order valence-corrected chi connectivity index (χ2v) is 5.99. The van der Waals surface area contributed by atoms with E-state index in [1.54, 1.807) is 0 Å². The van der Waals surface area contributed by atoms with Gasteiger partial charge in [-0.1, -0.05) is 78.6 Å². The molecule has 0 bridgehead atoms. The lowest BCUT2D eigenvalue weighted by Gasteiger charge is -2.27. The first-order chi connectivity index (χ1) is 13.2. The van der Waals surface area contributed by atoms with Gasteiger partial charge in [-0.25, -0.2) is 0 Å². The molecule has 0 saturated heterocycles. The van der Waals surface area contributed by atoms with Gasteiger partial charge in [-0.05, 0) is 41.7 Å². The summed E-state index contributed by atoms with van der Waals surface area (Å²) in [7, 11) is 1.52. The van der Waals surface area contributed by atoms with Crippen LogP contribution >= 0.6 is 0 Å². The summed E-state index contributed by atoms with van der Waals surface area (Å²) >= 11 is 0. The number of hydrogen-bond acceptors (Lipinski definition) is 2. The third-order valence-corrected chi connectivity index (χ3v) is 4.16. The van der Waals surface area contributed by atoms with Gasteiger partial charge in [0.1, 0.15) is 6.10 Å². The maximum Gasteiger partial charge on any atom is 0.221 e. The molecular formula is C25H20O2. The van der Waals surface area contributed by atoms with E-state index in [9.17, 15) is 5.11 Å². The molecule has 3 aromatic carbocycles. The van der Waals surface area contributed by atoms with Crippen molar-refractivity contribution in [1.82, 2.24) is 0 Å². The van der Waals surface area contributed by atoms with Crippen molar-refractivity contribution in [3.8, 4) is 23.7 Å². The molecule has 0 fully saturated rings. The van der Waals surface area contributed by atoms with Gasteiger partial charge in [-0.15, -0.1) is 0 Å². The predicted octanol–water partition coefficient (Wildman–Crippen LogP) is 4.21. The zero-order valence-electron chi connectivity index (χ0n) is 15.1. The summed E-state index contributed by atoms with van der Waals surface area (Å²) in [6.45, 7) is 0. The van der Waals surface area contributed by atoms with Crippen molar-refractivity contribution in [2.24, 2.45) is 0 Å². The van der Waals surface area contributed by atoms with Gasteiger partial charge in [-0.2, -0.15) is 0 Å². The minimum Gasteiger partial charge on any atom is -0.383 e. The number of benzene rings is 3. The van der Waals surface area contributed by atoms with Gasteiger partial charge in [0.15, 0.2) is 0 Å². The predicted molar refractivity (Wildman–Crippen MR) is 108 cm³/mol. The highest BCUT2D eigenvalue weighted by Crippen LogP contribution is 2.28. The van der Waals surface area contributed by atoms with Crippen LogP contribution in [0.1, 0.15) is 22.8 Å². The molecule has 1 atom stereocenters. The molecule has 1 unspecified atom stereocenters. The highest BCUT2D eigenvalue weighted by Gasteiger charge is 2.36. The Labute approximate surface area is 160 Å². The third kappa shape index (κ3) is 4.66. The Morgan fingerprint density at radius 1 is 0.704 bits per heavy atom. The summed E-state index contributed by atoms with van der Waals surface area (Å²) < 4.78 is 5.70. The zero-order chi connectivity index (χ0) is 19.0. The van der Waals surface area contributed by atoms with Gasteiger partial charge in [0.05, 0.1) is 0 Å². The molecule has 0 aliphatic heterocycles. The normalized spacial score (nSPS) is 11.5. The van der Waals surface area contributed by atoms with Crippen LogP contribution in [-0.2, 0) is 4.74 Å². The van der Waals surface area contributed by atoms with Gasteiger partial charge in [0, 0.05) is 18.2 Å². The number of aliphatic hydroxyl groups is 1. The van der Waals surface area contributed by atoms with E-state index in [4.69, 9.17) is 4.74 Å². The zero-order valence-corrected chi connectivity index (χ0v) is 15.1. The van der Waals surface area contributed by atoms with Crippen molar-refractivity contribution in [1.29, 1.82) is 0 Å². The monoisotopic (exact) mass is 352 g/mol. The van der Waals surface area contributed by atoms with Crippen LogP contribution in [-0.4, -0.2) is 17.8 Å². The largest absolute Gasteiger partial charge is 0.383 e. The van der Waals surface area contributed by atoms with Crippen molar-refractivity contribution in [2.45, 2.75) is 11.7 Å². The minimum absolute atomic E-state index is 0.698.